The maximum Gasteiger partial charge on any atom is 0.251 e. The number of carbonyl (C=O) groups excluding carboxylic acids is 2. The summed E-state index contributed by atoms with van der Waals surface area (Å²) in [6.07, 6.45) is 5.90. The number of aromatic nitrogens is 2. The zero-order valence-corrected chi connectivity index (χ0v) is 14.4. The van der Waals surface area contributed by atoms with Crippen LogP contribution in [-0.4, -0.2) is 79.6 Å². The SMILES string of the molecule is NC(=O)c1cnn(C2CCN(CCOCCOCCNC=O)CC2)c1. The van der Waals surface area contributed by atoms with Gasteiger partial charge in [0.2, 0.25) is 6.41 Å². The summed E-state index contributed by atoms with van der Waals surface area (Å²) in [6, 6.07) is 0.318. The van der Waals surface area contributed by atoms with Gasteiger partial charge in [-0.2, -0.15) is 5.10 Å². The molecule has 2 rings (SSSR count). The summed E-state index contributed by atoms with van der Waals surface area (Å²) < 4.78 is 12.7. The standard InChI is InChI=1S/C16H27N5O4/c17-16(23)14-11-19-21(12-14)15-1-4-20(5-2-15)6-8-25-10-9-24-7-3-18-13-22/h11-13,15H,1-10H2,(H2,17,23)(H,18,22). The predicted molar refractivity (Wildman–Crippen MR) is 91.2 cm³/mol. The predicted octanol–water partition coefficient (Wildman–Crippen LogP) is -0.602. The zero-order valence-electron chi connectivity index (χ0n) is 14.4. The molecule has 2 heterocycles. The lowest BCUT2D eigenvalue weighted by Crippen LogP contribution is -2.37. The van der Waals surface area contributed by atoms with Gasteiger partial charge in [-0.05, 0) is 12.8 Å². The summed E-state index contributed by atoms with van der Waals surface area (Å²) in [7, 11) is 0. The lowest BCUT2D eigenvalue weighted by Gasteiger charge is -2.31. The van der Waals surface area contributed by atoms with E-state index in [2.05, 4.69) is 15.3 Å². The second-order valence-electron chi connectivity index (χ2n) is 5.94. The molecule has 0 spiro atoms. The van der Waals surface area contributed by atoms with Crippen LogP contribution in [0.2, 0.25) is 0 Å². The van der Waals surface area contributed by atoms with E-state index in [1.807, 2.05) is 4.68 Å². The van der Waals surface area contributed by atoms with E-state index in [-0.39, 0.29) is 0 Å². The van der Waals surface area contributed by atoms with Crippen molar-refractivity contribution >= 4 is 12.3 Å². The molecular weight excluding hydrogens is 326 g/mol. The van der Waals surface area contributed by atoms with Crippen molar-refractivity contribution in [1.82, 2.24) is 20.0 Å². The number of nitrogens with zero attached hydrogens (tertiary/aromatic N) is 3. The van der Waals surface area contributed by atoms with E-state index in [0.717, 1.165) is 32.5 Å². The van der Waals surface area contributed by atoms with Gasteiger partial charge in [-0.15, -0.1) is 0 Å². The third-order valence-corrected chi connectivity index (χ3v) is 4.22. The third kappa shape index (κ3) is 6.81. The van der Waals surface area contributed by atoms with Gasteiger partial charge in [0.05, 0.1) is 44.2 Å². The molecule has 0 bridgehead atoms. The normalized spacial score (nSPS) is 16.0. The summed E-state index contributed by atoms with van der Waals surface area (Å²) >= 11 is 0. The van der Waals surface area contributed by atoms with Crippen LogP contribution in [0.5, 0.6) is 0 Å². The Balaban J connectivity index is 1.52. The molecule has 1 aliphatic heterocycles. The molecule has 1 aromatic rings. The van der Waals surface area contributed by atoms with Crippen LogP contribution in [0.15, 0.2) is 12.4 Å². The number of hydrogen-bond acceptors (Lipinski definition) is 6. The minimum atomic E-state index is -0.440. The number of primary amides is 1. The molecule has 0 atom stereocenters. The fraction of sp³-hybridized carbons (Fsp3) is 0.688. The van der Waals surface area contributed by atoms with Gasteiger partial charge in [-0.1, -0.05) is 0 Å². The van der Waals surface area contributed by atoms with Crippen molar-refractivity contribution in [2.45, 2.75) is 18.9 Å². The summed E-state index contributed by atoms with van der Waals surface area (Å²) in [5.74, 6) is -0.440. The van der Waals surface area contributed by atoms with Gasteiger partial charge < -0.3 is 25.4 Å². The number of rotatable bonds is 12. The average Bonchev–Trinajstić information content (AvgIpc) is 3.11. The van der Waals surface area contributed by atoms with Crippen molar-refractivity contribution in [1.29, 1.82) is 0 Å². The number of ether oxygens (including phenoxy) is 2. The average molecular weight is 353 g/mol. The van der Waals surface area contributed by atoms with Gasteiger partial charge >= 0.3 is 0 Å². The third-order valence-electron chi connectivity index (χ3n) is 4.22. The van der Waals surface area contributed by atoms with Gasteiger partial charge in [0.15, 0.2) is 0 Å². The molecule has 1 fully saturated rings. The maximum atomic E-state index is 11.1. The summed E-state index contributed by atoms with van der Waals surface area (Å²) in [5, 5.41) is 6.78. The number of likely N-dealkylation sites (tertiary alicyclic amines) is 1. The van der Waals surface area contributed by atoms with E-state index in [1.165, 1.54) is 6.20 Å². The molecule has 1 saturated heterocycles. The molecule has 1 aliphatic rings. The highest BCUT2D eigenvalue weighted by molar-refractivity contribution is 5.92. The van der Waals surface area contributed by atoms with Crippen LogP contribution < -0.4 is 11.1 Å². The smallest absolute Gasteiger partial charge is 0.251 e. The molecule has 3 N–H and O–H groups in total. The largest absolute Gasteiger partial charge is 0.378 e. The van der Waals surface area contributed by atoms with Crippen molar-refractivity contribution in [2.75, 3.05) is 52.6 Å². The molecule has 0 unspecified atom stereocenters. The van der Waals surface area contributed by atoms with E-state index >= 15 is 0 Å². The number of carbonyl (C=O) groups is 2. The van der Waals surface area contributed by atoms with Crippen molar-refractivity contribution in [3.63, 3.8) is 0 Å². The van der Waals surface area contributed by atoms with Crippen LogP contribution in [-0.2, 0) is 14.3 Å². The molecule has 0 aliphatic carbocycles. The molecule has 0 radical (unpaired) electrons. The highest BCUT2D eigenvalue weighted by Gasteiger charge is 2.21. The lowest BCUT2D eigenvalue weighted by atomic mass is 10.1. The van der Waals surface area contributed by atoms with Crippen LogP contribution in [0.25, 0.3) is 0 Å². The number of nitrogens with two attached hydrogens (primary N) is 1. The highest BCUT2D eigenvalue weighted by atomic mass is 16.5. The van der Waals surface area contributed by atoms with Crippen molar-refractivity contribution in [3.8, 4) is 0 Å². The molecule has 0 aromatic carbocycles. The van der Waals surface area contributed by atoms with Gasteiger partial charge in [0.25, 0.3) is 5.91 Å². The summed E-state index contributed by atoms with van der Waals surface area (Å²) in [4.78, 5) is 23.5. The zero-order chi connectivity index (χ0) is 17.9. The Kier molecular flexibility index (Phi) is 8.36. The topological polar surface area (TPSA) is 112 Å². The first-order valence-electron chi connectivity index (χ1n) is 8.59. The molecule has 9 heteroatoms. The van der Waals surface area contributed by atoms with E-state index in [4.69, 9.17) is 15.2 Å². The molecule has 1 aromatic heterocycles. The van der Waals surface area contributed by atoms with E-state index < -0.39 is 5.91 Å². The summed E-state index contributed by atoms with van der Waals surface area (Å²) in [5.41, 5.74) is 5.72. The van der Waals surface area contributed by atoms with Crippen LogP contribution in [0.4, 0.5) is 0 Å². The second kappa shape index (κ2) is 10.8. The Morgan fingerprint density at radius 1 is 1.28 bits per heavy atom. The Hall–Kier alpha value is -1.97. The van der Waals surface area contributed by atoms with E-state index in [1.54, 1.807) is 6.20 Å². The Morgan fingerprint density at radius 3 is 2.64 bits per heavy atom. The van der Waals surface area contributed by atoms with Crippen LogP contribution in [0, 0.1) is 0 Å². The Labute approximate surface area is 147 Å². The first-order valence-corrected chi connectivity index (χ1v) is 8.59. The van der Waals surface area contributed by atoms with Crippen molar-refractivity contribution in [3.05, 3.63) is 18.0 Å². The molecular formula is C16H27N5O4. The molecule has 9 nitrogen and oxygen atoms in total. The number of amides is 2. The summed E-state index contributed by atoms with van der Waals surface area (Å²) in [6.45, 7) is 5.64. The first kappa shape index (κ1) is 19.4. The van der Waals surface area contributed by atoms with Gasteiger partial charge in [0, 0.05) is 32.4 Å². The van der Waals surface area contributed by atoms with Crippen LogP contribution in [0.1, 0.15) is 29.2 Å². The first-order chi connectivity index (χ1) is 12.2. The Bertz CT molecular complexity index is 528. The fourth-order valence-corrected chi connectivity index (χ4v) is 2.78. The molecule has 0 saturated carbocycles. The van der Waals surface area contributed by atoms with Crippen LogP contribution >= 0.6 is 0 Å². The van der Waals surface area contributed by atoms with Gasteiger partial charge in [0.1, 0.15) is 0 Å². The monoisotopic (exact) mass is 353 g/mol. The van der Waals surface area contributed by atoms with Crippen LogP contribution in [0.3, 0.4) is 0 Å². The number of piperidine rings is 1. The molecule has 25 heavy (non-hydrogen) atoms. The highest BCUT2D eigenvalue weighted by Crippen LogP contribution is 2.21. The minimum Gasteiger partial charge on any atom is -0.378 e. The molecule has 2 amide bonds. The number of nitrogens with one attached hydrogen (secondary N) is 1. The van der Waals surface area contributed by atoms with Crippen molar-refractivity contribution in [2.24, 2.45) is 5.73 Å². The number of hydrogen-bond donors (Lipinski definition) is 2. The quantitative estimate of drug-likeness (QED) is 0.383. The second-order valence-corrected chi connectivity index (χ2v) is 5.94. The lowest BCUT2D eigenvalue weighted by molar-refractivity contribution is -0.109. The minimum absolute atomic E-state index is 0.318. The van der Waals surface area contributed by atoms with Crippen molar-refractivity contribution < 1.29 is 19.1 Å². The van der Waals surface area contributed by atoms with E-state index in [0.29, 0.717) is 51.0 Å². The van der Waals surface area contributed by atoms with Gasteiger partial charge in [-0.25, -0.2) is 0 Å². The molecule has 140 valence electrons. The van der Waals surface area contributed by atoms with Gasteiger partial charge in [-0.3, -0.25) is 14.3 Å². The maximum absolute atomic E-state index is 11.1. The Morgan fingerprint density at radius 2 is 2.00 bits per heavy atom. The fourth-order valence-electron chi connectivity index (χ4n) is 2.78. The van der Waals surface area contributed by atoms with E-state index in [9.17, 15) is 9.59 Å².